The molecule has 0 saturated carbocycles. The van der Waals surface area contributed by atoms with Gasteiger partial charge in [-0.3, -0.25) is 0 Å². The fourth-order valence-electron chi connectivity index (χ4n) is 3.07. The van der Waals surface area contributed by atoms with Gasteiger partial charge < -0.3 is 24.3 Å². The maximum Gasteiger partial charge on any atom is 0.337 e. The van der Waals surface area contributed by atoms with Gasteiger partial charge in [-0.2, -0.15) is 0 Å². The first kappa shape index (κ1) is 23.2. The second kappa shape index (κ2) is 10.2. The minimum atomic E-state index is -3.91. The molecule has 3 N–H and O–H groups in total. The molecule has 0 saturated heterocycles. The molecule has 0 bridgehead atoms. The van der Waals surface area contributed by atoms with Gasteiger partial charge in [-0.25, -0.2) is 17.9 Å². The van der Waals surface area contributed by atoms with Crippen LogP contribution in [0.4, 0.5) is 5.69 Å². The van der Waals surface area contributed by atoms with Gasteiger partial charge in [-0.15, -0.1) is 0 Å². The summed E-state index contributed by atoms with van der Waals surface area (Å²) < 4.78 is 43.5. The quantitative estimate of drug-likeness (QED) is 0.398. The number of sulfonamides is 1. The summed E-state index contributed by atoms with van der Waals surface area (Å²) in [5.74, 6) is 0.513. The molecule has 10 heteroatoms. The maximum atomic E-state index is 12.7. The molecule has 1 aromatic heterocycles. The molecule has 3 rings (SSSR count). The lowest BCUT2D eigenvalue weighted by molar-refractivity contribution is 0.0697. The van der Waals surface area contributed by atoms with Gasteiger partial charge in [-0.05, 0) is 54.4 Å². The summed E-state index contributed by atoms with van der Waals surface area (Å²) in [6.07, 6.45) is 1.92. The van der Waals surface area contributed by atoms with E-state index in [1.165, 1.54) is 32.6 Å². The van der Waals surface area contributed by atoms with Crippen LogP contribution in [0.25, 0.3) is 0 Å². The molecule has 2 aromatic carbocycles. The predicted octanol–water partition coefficient (Wildman–Crippen LogP) is 3.13. The Kier molecular flexibility index (Phi) is 7.39. The van der Waals surface area contributed by atoms with E-state index in [0.29, 0.717) is 23.7 Å². The third-order valence-corrected chi connectivity index (χ3v) is 6.18. The molecule has 32 heavy (non-hydrogen) atoms. The number of aromatic carboxylic acids is 1. The van der Waals surface area contributed by atoms with Crippen molar-refractivity contribution < 1.29 is 32.2 Å². The van der Waals surface area contributed by atoms with Crippen LogP contribution in [0.3, 0.4) is 0 Å². The monoisotopic (exact) mass is 460 g/mol. The Balaban J connectivity index is 1.69. The van der Waals surface area contributed by atoms with E-state index >= 15 is 0 Å². The maximum absolute atomic E-state index is 12.7. The molecule has 1 heterocycles. The minimum Gasteiger partial charge on any atom is -0.493 e. The summed E-state index contributed by atoms with van der Waals surface area (Å²) in [5, 5.41) is 12.5. The average Bonchev–Trinajstić information content (AvgIpc) is 3.31. The molecular formula is C22H24N2O7S. The Morgan fingerprint density at radius 3 is 2.50 bits per heavy atom. The van der Waals surface area contributed by atoms with Crippen LogP contribution >= 0.6 is 0 Å². The Hall–Kier alpha value is -3.50. The molecule has 0 aliphatic heterocycles. The van der Waals surface area contributed by atoms with Crippen LogP contribution in [0.2, 0.25) is 0 Å². The van der Waals surface area contributed by atoms with Crippen LogP contribution in [0, 0.1) is 0 Å². The van der Waals surface area contributed by atoms with E-state index in [1.54, 1.807) is 24.3 Å². The summed E-state index contributed by atoms with van der Waals surface area (Å²) in [6, 6.07) is 12.7. The van der Waals surface area contributed by atoms with Crippen molar-refractivity contribution >= 4 is 21.7 Å². The molecule has 9 nitrogen and oxygen atoms in total. The van der Waals surface area contributed by atoms with Crippen molar-refractivity contribution in [3.05, 3.63) is 71.7 Å². The zero-order chi connectivity index (χ0) is 23.1. The highest BCUT2D eigenvalue weighted by Crippen LogP contribution is 2.27. The van der Waals surface area contributed by atoms with E-state index in [-0.39, 0.29) is 29.2 Å². The number of hydrogen-bond acceptors (Lipinski definition) is 7. The van der Waals surface area contributed by atoms with Gasteiger partial charge in [0.2, 0.25) is 10.0 Å². The first-order chi connectivity index (χ1) is 15.3. The molecule has 0 unspecified atom stereocenters. The topological polar surface area (TPSA) is 127 Å². The minimum absolute atomic E-state index is 0.124. The summed E-state index contributed by atoms with van der Waals surface area (Å²) >= 11 is 0. The lowest BCUT2D eigenvalue weighted by Gasteiger charge is -2.12. The van der Waals surface area contributed by atoms with E-state index in [4.69, 9.17) is 13.9 Å². The summed E-state index contributed by atoms with van der Waals surface area (Å²) in [7, 11) is -0.844. The number of carboxylic acids is 1. The molecule has 0 aliphatic carbocycles. The zero-order valence-corrected chi connectivity index (χ0v) is 18.4. The molecule has 0 radical (unpaired) electrons. The predicted molar refractivity (Wildman–Crippen MR) is 118 cm³/mol. The van der Waals surface area contributed by atoms with Gasteiger partial charge in [0.1, 0.15) is 5.76 Å². The largest absolute Gasteiger partial charge is 0.493 e. The Bertz CT molecular complexity index is 1170. The highest BCUT2D eigenvalue weighted by atomic mass is 32.2. The van der Waals surface area contributed by atoms with Crippen molar-refractivity contribution in [1.82, 2.24) is 4.72 Å². The Labute approximate surface area is 186 Å². The van der Waals surface area contributed by atoms with E-state index < -0.39 is 16.0 Å². The number of benzene rings is 2. The number of hydrogen-bond donors (Lipinski definition) is 3. The van der Waals surface area contributed by atoms with Crippen LogP contribution in [-0.2, 0) is 23.0 Å². The average molecular weight is 461 g/mol. The van der Waals surface area contributed by atoms with Gasteiger partial charge in [0.15, 0.2) is 11.5 Å². The van der Waals surface area contributed by atoms with Gasteiger partial charge in [0.05, 0.1) is 37.5 Å². The third kappa shape index (κ3) is 5.59. The van der Waals surface area contributed by atoms with Gasteiger partial charge in [-0.1, -0.05) is 6.07 Å². The summed E-state index contributed by atoms with van der Waals surface area (Å²) in [6.45, 7) is 0.391. The molecular weight excluding hydrogens is 436 g/mol. The number of nitrogens with one attached hydrogen (secondary N) is 2. The van der Waals surface area contributed by atoms with Crippen molar-refractivity contribution in [2.45, 2.75) is 17.9 Å². The molecule has 0 aliphatic rings. The second-order valence-electron chi connectivity index (χ2n) is 6.78. The SMILES string of the molecule is COc1ccc(CCNS(=O)(=O)c2ccc(NCc3ccco3)c(C(=O)O)c2)cc1OC. The summed E-state index contributed by atoms with van der Waals surface area (Å²) in [4.78, 5) is 11.5. The Morgan fingerprint density at radius 2 is 1.84 bits per heavy atom. The van der Waals surface area contributed by atoms with Gasteiger partial charge >= 0.3 is 5.97 Å². The number of anilines is 1. The first-order valence-electron chi connectivity index (χ1n) is 9.68. The number of carbonyl (C=O) groups is 1. The van der Waals surface area contributed by atoms with Crippen molar-refractivity contribution in [2.75, 3.05) is 26.1 Å². The third-order valence-electron chi connectivity index (χ3n) is 4.72. The van der Waals surface area contributed by atoms with E-state index in [2.05, 4.69) is 10.0 Å². The molecule has 0 atom stereocenters. The lowest BCUT2D eigenvalue weighted by Crippen LogP contribution is -2.26. The lowest BCUT2D eigenvalue weighted by atomic mass is 10.1. The molecule has 3 aromatic rings. The molecule has 0 amide bonds. The van der Waals surface area contributed by atoms with E-state index in [1.807, 2.05) is 6.07 Å². The number of rotatable bonds is 11. The van der Waals surface area contributed by atoms with Crippen LogP contribution in [0.5, 0.6) is 11.5 Å². The van der Waals surface area contributed by atoms with Crippen LogP contribution in [0.15, 0.2) is 64.1 Å². The fraction of sp³-hybridized carbons (Fsp3) is 0.227. The molecule has 0 spiro atoms. The van der Waals surface area contributed by atoms with Crippen LogP contribution < -0.4 is 19.5 Å². The highest BCUT2D eigenvalue weighted by Gasteiger charge is 2.19. The number of furan rings is 1. The van der Waals surface area contributed by atoms with Crippen LogP contribution in [0.1, 0.15) is 21.7 Å². The second-order valence-corrected chi connectivity index (χ2v) is 8.55. The summed E-state index contributed by atoms with van der Waals surface area (Å²) in [5.41, 5.74) is 0.992. The van der Waals surface area contributed by atoms with E-state index in [9.17, 15) is 18.3 Å². The van der Waals surface area contributed by atoms with Crippen molar-refractivity contribution in [3.63, 3.8) is 0 Å². The standard InChI is InChI=1S/C22H24N2O7S/c1-29-20-8-5-15(12-21(20)30-2)9-10-24-32(27,28)17-6-7-19(18(13-17)22(25)26)23-14-16-4-3-11-31-16/h3-8,11-13,23-24H,9-10,14H2,1-2H3,(H,25,26). The van der Waals surface area contributed by atoms with E-state index in [0.717, 1.165) is 11.6 Å². The van der Waals surface area contributed by atoms with Crippen molar-refractivity contribution in [2.24, 2.45) is 0 Å². The zero-order valence-electron chi connectivity index (χ0n) is 17.6. The fourth-order valence-corrected chi connectivity index (χ4v) is 4.12. The number of methoxy groups -OCH3 is 2. The van der Waals surface area contributed by atoms with Crippen molar-refractivity contribution in [3.8, 4) is 11.5 Å². The smallest absolute Gasteiger partial charge is 0.337 e. The number of carboxylic acid groups (broad SMARTS) is 1. The highest BCUT2D eigenvalue weighted by molar-refractivity contribution is 7.89. The van der Waals surface area contributed by atoms with Gasteiger partial charge in [0.25, 0.3) is 0 Å². The van der Waals surface area contributed by atoms with Crippen LogP contribution in [-0.4, -0.2) is 40.3 Å². The normalized spacial score (nSPS) is 11.2. The molecule has 170 valence electrons. The molecule has 0 fully saturated rings. The van der Waals surface area contributed by atoms with Crippen molar-refractivity contribution in [1.29, 1.82) is 0 Å². The first-order valence-corrected chi connectivity index (χ1v) is 11.2. The Morgan fingerprint density at radius 1 is 1.06 bits per heavy atom. The van der Waals surface area contributed by atoms with Gasteiger partial charge in [0, 0.05) is 12.2 Å². The number of ether oxygens (including phenoxy) is 2.